The topological polar surface area (TPSA) is 45.4 Å². The molecule has 0 bridgehead atoms. The summed E-state index contributed by atoms with van der Waals surface area (Å²) in [4.78, 5) is 8.89. The number of rotatable bonds is 2. The van der Waals surface area contributed by atoms with E-state index in [9.17, 15) is 0 Å². The van der Waals surface area contributed by atoms with E-state index >= 15 is 0 Å². The van der Waals surface area contributed by atoms with Crippen molar-refractivity contribution in [3.63, 3.8) is 0 Å². The molecule has 1 aromatic heterocycles. The number of fused-ring (bicyclic) bond motifs is 1. The van der Waals surface area contributed by atoms with Gasteiger partial charge in [0.05, 0.1) is 11.4 Å². The zero-order valence-electron chi connectivity index (χ0n) is 12.2. The first kappa shape index (κ1) is 13.2. The van der Waals surface area contributed by atoms with Crippen LogP contribution in [0.4, 0.5) is 11.4 Å². The maximum Gasteiger partial charge on any atom is 0.0632 e. The third kappa shape index (κ3) is 2.31. The van der Waals surface area contributed by atoms with Crippen LogP contribution in [-0.4, -0.2) is 43.1 Å². The van der Waals surface area contributed by atoms with Gasteiger partial charge in [-0.2, -0.15) is 0 Å². The van der Waals surface area contributed by atoms with Gasteiger partial charge in [-0.3, -0.25) is 4.98 Å². The molecule has 20 heavy (non-hydrogen) atoms. The van der Waals surface area contributed by atoms with Gasteiger partial charge in [0.15, 0.2) is 0 Å². The average molecular weight is 270 g/mol. The number of piperidine rings is 1. The van der Waals surface area contributed by atoms with Crippen LogP contribution in [0.5, 0.6) is 0 Å². The molecule has 2 N–H and O–H groups in total. The molecule has 1 unspecified atom stereocenters. The van der Waals surface area contributed by atoms with Crippen LogP contribution in [0.3, 0.4) is 0 Å². The van der Waals surface area contributed by atoms with Crippen LogP contribution in [0.1, 0.15) is 12.8 Å². The molecule has 1 aliphatic heterocycles. The van der Waals surface area contributed by atoms with Gasteiger partial charge in [-0.25, -0.2) is 0 Å². The van der Waals surface area contributed by atoms with Crippen LogP contribution < -0.4 is 10.6 Å². The van der Waals surface area contributed by atoms with Crippen molar-refractivity contribution in [2.24, 2.45) is 0 Å². The van der Waals surface area contributed by atoms with Crippen molar-refractivity contribution in [1.82, 2.24) is 9.88 Å². The van der Waals surface area contributed by atoms with E-state index in [4.69, 9.17) is 5.73 Å². The molecule has 0 amide bonds. The fraction of sp³-hybridized carbons (Fsp3) is 0.438. The second kappa shape index (κ2) is 5.29. The van der Waals surface area contributed by atoms with E-state index in [2.05, 4.69) is 41.0 Å². The Morgan fingerprint density at radius 1 is 1.35 bits per heavy atom. The van der Waals surface area contributed by atoms with E-state index in [1.54, 1.807) is 6.20 Å². The third-order valence-corrected chi connectivity index (χ3v) is 4.37. The van der Waals surface area contributed by atoms with Crippen molar-refractivity contribution in [1.29, 1.82) is 0 Å². The highest BCUT2D eigenvalue weighted by Gasteiger charge is 2.22. The van der Waals surface area contributed by atoms with Crippen LogP contribution in [-0.2, 0) is 0 Å². The molecule has 1 saturated heterocycles. The molecule has 0 spiro atoms. The maximum atomic E-state index is 6.38. The second-order valence-corrected chi connectivity index (χ2v) is 5.76. The molecule has 106 valence electrons. The second-order valence-electron chi connectivity index (χ2n) is 5.76. The molecule has 0 aliphatic carbocycles. The Morgan fingerprint density at radius 3 is 3.00 bits per heavy atom. The smallest absolute Gasteiger partial charge is 0.0632 e. The Kier molecular flexibility index (Phi) is 3.49. The van der Waals surface area contributed by atoms with Gasteiger partial charge in [0, 0.05) is 42.8 Å². The highest BCUT2D eigenvalue weighted by atomic mass is 15.2. The standard InChI is InChI=1S/C16H22N4/c1-19-9-3-4-13(11-19)20(2)15-6-5-12-10-18-8-7-14(12)16(15)17/h5-8,10,13H,3-4,9,11,17H2,1-2H3. The van der Waals surface area contributed by atoms with E-state index in [1.165, 1.54) is 19.4 Å². The summed E-state index contributed by atoms with van der Waals surface area (Å²) in [5, 5.41) is 2.19. The van der Waals surface area contributed by atoms with Crippen molar-refractivity contribution in [3.05, 3.63) is 30.6 Å². The van der Waals surface area contributed by atoms with Gasteiger partial charge in [0.2, 0.25) is 0 Å². The molecule has 1 atom stereocenters. The molecular weight excluding hydrogens is 248 g/mol. The van der Waals surface area contributed by atoms with Crippen LogP contribution in [0.15, 0.2) is 30.6 Å². The summed E-state index contributed by atoms with van der Waals surface area (Å²) in [5.74, 6) is 0. The number of benzene rings is 1. The first-order valence-electron chi connectivity index (χ1n) is 7.20. The molecule has 4 nitrogen and oxygen atoms in total. The number of anilines is 2. The monoisotopic (exact) mass is 270 g/mol. The molecule has 1 aromatic carbocycles. The summed E-state index contributed by atoms with van der Waals surface area (Å²) in [6.07, 6.45) is 6.15. The van der Waals surface area contributed by atoms with Gasteiger partial charge in [-0.05, 0) is 38.6 Å². The van der Waals surface area contributed by atoms with Crippen molar-refractivity contribution < 1.29 is 0 Å². The number of pyridine rings is 1. The van der Waals surface area contributed by atoms with Gasteiger partial charge < -0.3 is 15.5 Å². The number of likely N-dealkylation sites (N-methyl/N-ethyl adjacent to an activating group) is 2. The largest absolute Gasteiger partial charge is 0.397 e. The highest BCUT2D eigenvalue weighted by Crippen LogP contribution is 2.32. The molecule has 1 fully saturated rings. The number of nitrogen functional groups attached to an aromatic ring is 1. The number of hydrogen-bond acceptors (Lipinski definition) is 4. The van der Waals surface area contributed by atoms with Crippen LogP contribution in [0.25, 0.3) is 10.8 Å². The summed E-state index contributed by atoms with van der Waals surface area (Å²) >= 11 is 0. The predicted octanol–water partition coefficient (Wildman–Crippen LogP) is 2.35. The lowest BCUT2D eigenvalue weighted by molar-refractivity contribution is 0.248. The molecule has 3 rings (SSSR count). The molecule has 4 heteroatoms. The molecular formula is C16H22N4. The van der Waals surface area contributed by atoms with Crippen LogP contribution in [0, 0.1) is 0 Å². The molecule has 1 aliphatic rings. The van der Waals surface area contributed by atoms with E-state index < -0.39 is 0 Å². The van der Waals surface area contributed by atoms with Crippen LogP contribution in [0.2, 0.25) is 0 Å². The zero-order chi connectivity index (χ0) is 14.1. The Hall–Kier alpha value is -1.81. The Morgan fingerprint density at radius 2 is 2.20 bits per heavy atom. The van der Waals surface area contributed by atoms with Crippen molar-refractivity contribution >= 4 is 22.1 Å². The molecule has 0 saturated carbocycles. The van der Waals surface area contributed by atoms with Crippen molar-refractivity contribution in [3.8, 4) is 0 Å². The van der Waals surface area contributed by atoms with Gasteiger partial charge in [0.25, 0.3) is 0 Å². The van der Waals surface area contributed by atoms with Crippen molar-refractivity contribution in [2.45, 2.75) is 18.9 Å². The number of aromatic nitrogens is 1. The van der Waals surface area contributed by atoms with E-state index in [-0.39, 0.29) is 0 Å². The predicted molar refractivity (Wildman–Crippen MR) is 85.1 cm³/mol. The third-order valence-electron chi connectivity index (χ3n) is 4.37. The molecule has 0 radical (unpaired) electrons. The number of hydrogen-bond donors (Lipinski definition) is 1. The Labute approximate surface area is 120 Å². The normalized spacial score (nSPS) is 20.2. The van der Waals surface area contributed by atoms with Gasteiger partial charge in [-0.15, -0.1) is 0 Å². The van der Waals surface area contributed by atoms with Crippen LogP contribution >= 0.6 is 0 Å². The van der Waals surface area contributed by atoms with E-state index in [1.807, 2.05) is 12.3 Å². The minimum Gasteiger partial charge on any atom is -0.397 e. The fourth-order valence-electron chi connectivity index (χ4n) is 3.14. The lowest BCUT2D eigenvalue weighted by Crippen LogP contribution is -2.45. The fourth-order valence-corrected chi connectivity index (χ4v) is 3.14. The highest BCUT2D eigenvalue weighted by molar-refractivity contribution is 5.98. The number of nitrogens with two attached hydrogens (primary N) is 1. The van der Waals surface area contributed by atoms with Gasteiger partial charge in [0.1, 0.15) is 0 Å². The summed E-state index contributed by atoms with van der Waals surface area (Å²) in [7, 11) is 4.35. The average Bonchev–Trinajstić information content (AvgIpc) is 2.47. The zero-order valence-corrected chi connectivity index (χ0v) is 12.2. The summed E-state index contributed by atoms with van der Waals surface area (Å²) in [5.41, 5.74) is 8.37. The number of nitrogens with zero attached hydrogens (tertiary/aromatic N) is 3. The van der Waals surface area contributed by atoms with Gasteiger partial charge >= 0.3 is 0 Å². The molecule has 2 heterocycles. The first-order chi connectivity index (χ1) is 9.66. The maximum absolute atomic E-state index is 6.38. The Balaban J connectivity index is 1.95. The lowest BCUT2D eigenvalue weighted by atomic mass is 10.0. The van der Waals surface area contributed by atoms with E-state index in [0.717, 1.165) is 28.7 Å². The lowest BCUT2D eigenvalue weighted by Gasteiger charge is -2.37. The summed E-state index contributed by atoms with van der Waals surface area (Å²) in [6, 6.07) is 6.76. The minimum atomic E-state index is 0.537. The van der Waals surface area contributed by atoms with Crippen molar-refractivity contribution in [2.75, 3.05) is 37.8 Å². The summed E-state index contributed by atoms with van der Waals surface area (Å²) in [6.45, 7) is 2.30. The number of likely N-dealkylation sites (tertiary alicyclic amines) is 1. The van der Waals surface area contributed by atoms with Gasteiger partial charge in [-0.1, -0.05) is 6.07 Å². The quantitative estimate of drug-likeness (QED) is 0.851. The summed E-state index contributed by atoms with van der Waals surface area (Å²) < 4.78 is 0. The molecule has 2 aromatic rings. The first-order valence-corrected chi connectivity index (χ1v) is 7.20. The SMILES string of the molecule is CN1CCCC(N(C)c2ccc3cnccc3c2N)C1. The Bertz CT molecular complexity index is 610. The minimum absolute atomic E-state index is 0.537. The van der Waals surface area contributed by atoms with E-state index in [0.29, 0.717) is 6.04 Å².